The first-order valence-corrected chi connectivity index (χ1v) is 7.95. The Bertz CT molecular complexity index is 662. The van der Waals surface area contributed by atoms with Gasteiger partial charge in [0.15, 0.2) is 5.13 Å². The van der Waals surface area contributed by atoms with Crippen LogP contribution in [0.15, 0.2) is 29.6 Å². The number of carbonyl (C=O) groups excluding carboxylic acids is 2. The lowest BCUT2D eigenvalue weighted by Gasteiger charge is -2.07. The van der Waals surface area contributed by atoms with Crippen LogP contribution in [-0.2, 0) is 9.59 Å². The lowest BCUT2D eigenvalue weighted by Crippen LogP contribution is -2.13. The first kappa shape index (κ1) is 16.2. The van der Waals surface area contributed by atoms with E-state index in [1.807, 2.05) is 43.5 Å². The third-order valence-corrected chi connectivity index (χ3v) is 3.60. The van der Waals surface area contributed by atoms with Crippen LogP contribution in [0.1, 0.15) is 27.2 Å². The van der Waals surface area contributed by atoms with Crippen molar-refractivity contribution in [3.63, 3.8) is 0 Å². The van der Waals surface area contributed by atoms with Crippen molar-refractivity contribution in [2.45, 2.75) is 27.2 Å². The van der Waals surface area contributed by atoms with E-state index in [2.05, 4.69) is 15.6 Å². The number of carbonyl (C=O) groups is 2. The van der Waals surface area contributed by atoms with Crippen LogP contribution in [0.3, 0.4) is 0 Å². The van der Waals surface area contributed by atoms with Gasteiger partial charge in [-0.15, -0.1) is 11.3 Å². The summed E-state index contributed by atoms with van der Waals surface area (Å²) in [6, 6.07) is 7.51. The molecule has 0 saturated heterocycles. The summed E-state index contributed by atoms with van der Waals surface area (Å²) >= 11 is 1.38. The van der Waals surface area contributed by atoms with Crippen molar-refractivity contribution in [3.05, 3.63) is 29.6 Å². The minimum atomic E-state index is -0.135. The van der Waals surface area contributed by atoms with Gasteiger partial charge in [-0.2, -0.15) is 0 Å². The van der Waals surface area contributed by atoms with Gasteiger partial charge < -0.3 is 10.6 Å². The maximum atomic E-state index is 11.7. The average molecular weight is 317 g/mol. The number of nitrogens with zero attached hydrogens (tertiary/aromatic N) is 1. The number of benzene rings is 1. The minimum Gasteiger partial charge on any atom is -0.326 e. The molecule has 2 aromatic rings. The van der Waals surface area contributed by atoms with Crippen molar-refractivity contribution < 1.29 is 9.59 Å². The Kier molecular flexibility index (Phi) is 5.27. The van der Waals surface area contributed by atoms with Crippen molar-refractivity contribution in [2.75, 3.05) is 10.6 Å². The molecule has 0 spiro atoms. The van der Waals surface area contributed by atoms with Gasteiger partial charge in [-0.25, -0.2) is 4.98 Å². The van der Waals surface area contributed by atoms with Crippen molar-refractivity contribution in [3.8, 4) is 11.3 Å². The summed E-state index contributed by atoms with van der Waals surface area (Å²) in [5, 5.41) is 8.00. The third-order valence-electron chi connectivity index (χ3n) is 2.85. The second-order valence-electron chi connectivity index (χ2n) is 5.44. The number of anilines is 2. The Hall–Kier alpha value is -2.21. The predicted molar refractivity (Wildman–Crippen MR) is 89.9 cm³/mol. The van der Waals surface area contributed by atoms with E-state index in [1.165, 1.54) is 18.3 Å². The molecule has 2 amide bonds. The van der Waals surface area contributed by atoms with E-state index >= 15 is 0 Å². The topological polar surface area (TPSA) is 71.1 Å². The smallest absolute Gasteiger partial charge is 0.224 e. The van der Waals surface area contributed by atoms with E-state index in [-0.39, 0.29) is 11.8 Å². The summed E-state index contributed by atoms with van der Waals surface area (Å²) in [5.41, 5.74) is 2.51. The standard InChI is InChI=1S/C16H19N3O2S/c1-10(2)8-15(21)18-13-6-4-12(5-7-13)14-9-22-16(19-14)17-11(3)20/h4-7,9-10H,8H2,1-3H3,(H,18,21)(H,17,19,20). The highest BCUT2D eigenvalue weighted by molar-refractivity contribution is 7.14. The lowest BCUT2D eigenvalue weighted by molar-refractivity contribution is -0.117. The molecule has 0 atom stereocenters. The molecule has 0 aliphatic carbocycles. The number of hydrogen-bond donors (Lipinski definition) is 2. The molecule has 116 valence electrons. The maximum absolute atomic E-state index is 11.7. The van der Waals surface area contributed by atoms with Gasteiger partial charge in [0.2, 0.25) is 11.8 Å². The van der Waals surface area contributed by atoms with Crippen molar-refractivity contribution >= 4 is 34.0 Å². The second kappa shape index (κ2) is 7.17. The van der Waals surface area contributed by atoms with Gasteiger partial charge in [0.05, 0.1) is 5.69 Å². The SMILES string of the molecule is CC(=O)Nc1nc(-c2ccc(NC(=O)CC(C)C)cc2)cs1. The molecule has 1 aromatic carbocycles. The Morgan fingerprint density at radius 2 is 1.86 bits per heavy atom. The van der Waals surface area contributed by atoms with Crippen molar-refractivity contribution in [1.29, 1.82) is 0 Å². The monoisotopic (exact) mass is 317 g/mol. The molecule has 0 unspecified atom stereocenters. The molecule has 1 aromatic heterocycles. The van der Waals surface area contributed by atoms with Gasteiger partial charge in [0.1, 0.15) is 0 Å². The van der Waals surface area contributed by atoms with Gasteiger partial charge in [0.25, 0.3) is 0 Å². The Balaban J connectivity index is 2.03. The first-order chi connectivity index (χ1) is 10.4. The Morgan fingerprint density at radius 1 is 1.18 bits per heavy atom. The van der Waals surface area contributed by atoms with Crippen molar-refractivity contribution in [2.24, 2.45) is 5.92 Å². The summed E-state index contributed by atoms with van der Waals surface area (Å²) in [7, 11) is 0. The number of rotatable bonds is 5. The Labute approximate surface area is 133 Å². The van der Waals surface area contributed by atoms with Gasteiger partial charge >= 0.3 is 0 Å². The van der Waals surface area contributed by atoms with E-state index in [4.69, 9.17) is 0 Å². The van der Waals surface area contributed by atoms with Crippen LogP contribution in [0.25, 0.3) is 11.3 Å². The van der Waals surface area contributed by atoms with Crippen LogP contribution in [0, 0.1) is 5.92 Å². The average Bonchev–Trinajstić information content (AvgIpc) is 2.86. The van der Waals surface area contributed by atoms with E-state index in [1.54, 1.807) is 0 Å². The summed E-state index contributed by atoms with van der Waals surface area (Å²) < 4.78 is 0. The maximum Gasteiger partial charge on any atom is 0.224 e. The zero-order chi connectivity index (χ0) is 16.1. The van der Waals surface area contributed by atoms with Crippen molar-refractivity contribution in [1.82, 2.24) is 4.98 Å². The van der Waals surface area contributed by atoms with E-state index in [9.17, 15) is 9.59 Å². The number of aromatic nitrogens is 1. The van der Waals surface area contributed by atoms with E-state index < -0.39 is 0 Å². The molecular weight excluding hydrogens is 298 g/mol. The highest BCUT2D eigenvalue weighted by atomic mass is 32.1. The first-order valence-electron chi connectivity index (χ1n) is 7.07. The summed E-state index contributed by atoms with van der Waals surface area (Å²) in [5.74, 6) is 0.218. The van der Waals surface area contributed by atoms with Crippen LogP contribution in [0.5, 0.6) is 0 Å². The molecule has 0 aliphatic heterocycles. The molecule has 22 heavy (non-hydrogen) atoms. The zero-order valence-electron chi connectivity index (χ0n) is 12.8. The van der Waals surface area contributed by atoms with Gasteiger partial charge in [-0.05, 0) is 18.1 Å². The molecule has 0 bridgehead atoms. The van der Waals surface area contributed by atoms with E-state index in [0.29, 0.717) is 17.5 Å². The summed E-state index contributed by atoms with van der Waals surface area (Å²) in [6.45, 7) is 5.48. The largest absolute Gasteiger partial charge is 0.326 e. The van der Waals surface area contributed by atoms with Crippen LogP contribution >= 0.6 is 11.3 Å². The minimum absolute atomic E-state index is 0.0179. The van der Waals surface area contributed by atoms with Gasteiger partial charge in [-0.1, -0.05) is 26.0 Å². The van der Waals surface area contributed by atoms with Crippen LogP contribution in [-0.4, -0.2) is 16.8 Å². The molecule has 0 aliphatic rings. The molecule has 2 N–H and O–H groups in total. The molecule has 2 rings (SSSR count). The highest BCUT2D eigenvalue weighted by Crippen LogP contribution is 2.26. The highest BCUT2D eigenvalue weighted by Gasteiger charge is 2.07. The molecule has 1 heterocycles. The predicted octanol–water partition coefficient (Wildman–Crippen LogP) is 3.75. The number of hydrogen-bond acceptors (Lipinski definition) is 4. The van der Waals surface area contributed by atoms with Crippen LogP contribution < -0.4 is 10.6 Å². The number of thiazole rings is 1. The quantitative estimate of drug-likeness (QED) is 0.882. The normalized spacial score (nSPS) is 10.5. The fourth-order valence-corrected chi connectivity index (χ4v) is 2.69. The number of nitrogens with one attached hydrogen (secondary N) is 2. The second-order valence-corrected chi connectivity index (χ2v) is 6.30. The van der Waals surface area contributed by atoms with Gasteiger partial charge in [0, 0.05) is 30.0 Å². The molecule has 0 radical (unpaired) electrons. The summed E-state index contributed by atoms with van der Waals surface area (Å²) in [6.07, 6.45) is 0.508. The zero-order valence-corrected chi connectivity index (χ0v) is 13.7. The molecule has 6 heteroatoms. The molecule has 5 nitrogen and oxygen atoms in total. The van der Waals surface area contributed by atoms with Crippen LogP contribution in [0.4, 0.5) is 10.8 Å². The molecule has 0 saturated carbocycles. The fraction of sp³-hybridized carbons (Fsp3) is 0.312. The molecular formula is C16H19N3O2S. The van der Waals surface area contributed by atoms with Crippen LogP contribution in [0.2, 0.25) is 0 Å². The number of amides is 2. The fourth-order valence-electron chi connectivity index (χ4n) is 1.92. The van der Waals surface area contributed by atoms with Gasteiger partial charge in [-0.3, -0.25) is 9.59 Å². The molecule has 0 fully saturated rings. The lowest BCUT2D eigenvalue weighted by atomic mass is 10.1. The summed E-state index contributed by atoms with van der Waals surface area (Å²) in [4.78, 5) is 27.1. The Morgan fingerprint density at radius 3 is 2.45 bits per heavy atom. The van der Waals surface area contributed by atoms with E-state index in [0.717, 1.165) is 16.9 Å². The third kappa shape index (κ3) is 4.66.